The molecule has 0 radical (unpaired) electrons. The Balaban J connectivity index is 1.66. The van der Waals surface area contributed by atoms with Gasteiger partial charge in [-0.1, -0.05) is 12.1 Å². The van der Waals surface area contributed by atoms with E-state index in [0.29, 0.717) is 63.8 Å². The van der Waals surface area contributed by atoms with E-state index in [1.807, 2.05) is 48.5 Å². The van der Waals surface area contributed by atoms with Crippen molar-refractivity contribution in [3.05, 3.63) is 54.1 Å². The molecular weight excluding hydrogens is 436 g/mol. The maximum absolute atomic E-state index is 5.56. The van der Waals surface area contributed by atoms with Crippen LogP contribution in [0.25, 0.3) is 11.4 Å². The molecule has 3 rings (SSSR count). The van der Waals surface area contributed by atoms with Gasteiger partial charge in [0.1, 0.15) is 11.5 Å². The lowest BCUT2D eigenvalue weighted by Gasteiger charge is -2.11. The summed E-state index contributed by atoms with van der Waals surface area (Å²) < 4.78 is 21.4. The van der Waals surface area contributed by atoms with Gasteiger partial charge in [0.2, 0.25) is 11.9 Å². The molecule has 1 heterocycles. The molecule has 2 aromatic carbocycles. The molecule has 0 amide bonds. The number of aromatic nitrogens is 3. The highest BCUT2D eigenvalue weighted by molar-refractivity contribution is 5.59. The molecule has 182 valence electrons. The van der Waals surface area contributed by atoms with Crippen molar-refractivity contribution in [2.45, 2.75) is 6.54 Å². The Labute approximate surface area is 199 Å². The lowest BCUT2D eigenvalue weighted by Crippen LogP contribution is -2.16. The Morgan fingerprint density at radius 1 is 0.765 bits per heavy atom. The number of rotatable bonds is 15. The van der Waals surface area contributed by atoms with Crippen molar-refractivity contribution in [3.63, 3.8) is 0 Å². The van der Waals surface area contributed by atoms with Crippen LogP contribution in [-0.4, -0.2) is 68.7 Å². The van der Waals surface area contributed by atoms with Gasteiger partial charge < -0.3 is 35.3 Å². The summed E-state index contributed by atoms with van der Waals surface area (Å²) in [5.41, 5.74) is 7.29. The number of hydrogen-bond donors (Lipinski definition) is 3. The zero-order chi connectivity index (χ0) is 24.0. The highest BCUT2D eigenvalue weighted by Gasteiger charge is 2.09. The lowest BCUT2D eigenvalue weighted by molar-refractivity contribution is 0.0547. The number of hydrogen-bond acceptors (Lipinski definition) is 10. The van der Waals surface area contributed by atoms with Gasteiger partial charge in [-0.3, -0.25) is 0 Å². The topological polar surface area (TPSA) is 126 Å². The number of benzene rings is 2. The number of nitrogens with zero attached hydrogens (tertiary/aromatic N) is 3. The van der Waals surface area contributed by atoms with E-state index in [1.54, 1.807) is 14.2 Å². The average Bonchev–Trinajstić information content (AvgIpc) is 2.89. The second-order valence-electron chi connectivity index (χ2n) is 7.18. The van der Waals surface area contributed by atoms with Gasteiger partial charge >= 0.3 is 0 Å². The van der Waals surface area contributed by atoms with E-state index in [2.05, 4.69) is 25.6 Å². The van der Waals surface area contributed by atoms with E-state index in [4.69, 9.17) is 24.7 Å². The van der Waals surface area contributed by atoms with Crippen molar-refractivity contribution in [1.82, 2.24) is 15.0 Å². The van der Waals surface area contributed by atoms with Crippen LogP contribution in [0.15, 0.2) is 48.5 Å². The smallest absolute Gasteiger partial charge is 0.228 e. The Morgan fingerprint density at radius 2 is 1.47 bits per heavy atom. The first-order valence-corrected chi connectivity index (χ1v) is 11.1. The predicted molar refractivity (Wildman–Crippen MR) is 131 cm³/mol. The summed E-state index contributed by atoms with van der Waals surface area (Å²) in [6.45, 7) is 3.62. The van der Waals surface area contributed by atoms with Crippen LogP contribution in [0.2, 0.25) is 0 Å². The van der Waals surface area contributed by atoms with Crippen LogP contribution in [0.1, 0.15) is 5.56 Å². The maximum atomic E-state index is 5.56. The molecule has 10 nitrogen and oxygen atoms in total. The van der Waals surface area contributed by atoms with Crippen molar-refractivity contribution < 1.29 is 18.9 Å². The molecule has 0 aliphatic rings. The lowest BCUT2D eigenvalue weighted by atomic mass is 10.2. The minimum absolute atomic E-state index is 0.456. The van der Waals surface area contributed by atoms with E-state index in [0.717, 1.165) is 22.6 Å². The third-order valence-electron chi connectivity index (χ3n) is 4.73. The molecular formula is C24H32N6O4. The van der Waals surface area contributed by atoms with Crippen LogP contribution < -0.4 is 25.8 Å². The number of nitrogens with one attached hydrogen (secondary N) is 2. The summed E-state index contributed by atoms with van der Waals surface area (Å²) in [6.07, 6.45) is 0. The average molecular weight is 469 g/mol. The molecule has 3 aromatic rings. The third kappa shape index (κ3) is 8.14. The minimum atomic E-state index is 0.456. The molecule has 4 N–H and O–H groups in total. The molecule has 1 aromatic heterocycles. The highest BCUT2D eigenvalue weighted by atomic mass is 16.5. The first-order valence-electron chi connectivity index (χ1n) is 11.1. The van der Waals surface area contributed by atoms with Crippen molar-refractivity contribution >= 4 is 11.9 Å². The number of anilines is 2. The number of nitrogens with two attached hydrogens (primary N) is 1. The molecule has 10 heteroatoms. The van der Waals surface area contributed by atoms with Gasteiger partial charge in [-0.2, -0.15) is 15.0 Å². The van der Waals surface area contributed by atoms with Crippen molar-refractivity contribution in [2.75, 3.05) is 64.4 Å². The Morgan fingerprint density at radius 3 is 2.18 bits per heavy atom. The molecule has 0 aliphatic heterocycles. The second-order valence-corrected chi connectivity index (χ2v) is 7.18. The summed E-state index contributed by atoms with van der Waals surface area (Å²) in [6, 6.07) is 15.4. The SMILES string of the molecule is COc1ccc(-c2nc(NCCOCCOCCN)nc(NCc3cccc(OC)c3)n2)cc1. The van der Waals surface area contributed by atoms with Crippen molar-refractivity contribution in [1.29, 1.82) is 0 Å². The van der Waals surface area contributed by atoms with Crippen molar-refractivity contribution in [2.24, 2.45) is 5.73 Å². The van der Waals surface area contributed by atoms with Gasteiger partial charge in [-0.25, -0.2) is 0 Å². The molecule has 0 unspecified atom stereocenters. The molecule has 0 aliphatic carbocycles. The summed E-state index contributed by atoms with van der Waals surface area (Å²) in [5.74, 6) is 3.02. The van der Waals surface area contributed by atoms with Crippen molar-refractivity contribution in [3.8, 4) is 22.9 Å². The fourth-order valence-corrected chi connectivity index (χ4v) is 3.01. The molecule has 0 saturated heterocycles. The van der Waals surface area contributed by atoms with E-state index in [1.165, 1.54) is 0 Å². The van der Waals surface area contributed by atoms with Gasteiger partial charge in [0.05, 0.1) is 40.6 Å². The zero-order valence-electron chi connectivity index (χ0n) is 19.6. The van der Waals surface area contributed by atoms with Crippen LogP contribution >= 0.6 is 0 Å². The Kier molecular flexibility index (Phi) is 10.3. The quantitative estimate of drug-likeness (QED) is 0.287. The summed E-state index contributed by atoms with van der Waals surface area (Å²) in [7, 11) is 3.28. The van der Waals surface area contributed by atoms with Crippen LogP contribution in [-0.2, 0) is 16.0 Å². The predicted octanol–water partition coefficient (Wildman–Crippen LogP) is 2.57. The minimum Gasteiger partial charge on any atom is -0.497 e. The molecule has 34 heavy (non-hydrogen) atoms. The monoisotopic (exact) mass is 468 g/mol. The second kappa shape index (κ2) is 13.9. The van der Waals surface area contributed by atoms with Gasteiger partial charge in [-0.05, 0) is 42.0 Å². The Bertz CT molecular complexity index is 1000. The highest BCUT2D eigenvalue weighted by Crippen LogP contribution is 2.21. The third-order valence-corrected chi connectivity index (χ3v) is 4.73. The largest absolute Gasteiger partial charge is 0.497 e. The standard InChI is InChI=1S/C24H32N6O4/c1-31-20-8-6-19(7-9-20)22-28-23(26-11-13-34-15-14-33-12-10-25)30-24(29-22)27-17-18-4-3-5-21(16-18)32-2/h3-9,16H,10-15,17,25H2,1-2H3,(H2,26,27,28,29,30). The molecule has 0 spiro atoms. The number of methoxy groups -OCH3 is 2. The van der Waals surface area contributed by atoms with Crippen LogP contribution in [0.4, 0.5) is 11.9 Å². The van der Waals surface area contributed by atoms with E-state index in [-0.39, 0.29) is 0 Å². The fourth-order valence-electron chi connectivity index (χ4n) is 3.01. The van der Waals surface area contributed by atoms with E-state index < -0.39 is 0 Å². The molecule has 0 atom stereocenters. The van der Waals surface area contributed by atoms with Gasteiger partial charge in [0, 0.05) is 25.2 Å². The molecule has 0 bridgehead atoms. The van der Waals surface area contributed by atoms with Crippen LogP contribution in [0.3, 0.4) is 0 Å². The van der Waals surface area contributed by atoms with Crippen LogP contribution in [0.5, 0.6) is 11.5 Å². The first-order chi connectivity index (χ1) is 16.7. The first kappa shape index (κ1) is 25.2. The Hall–Kier alpha value is -3.47. The van der Waals surface area contributed by atoms with Gasteiger partial charge in [-0.15, -0.1) is 0 Å². The van der Waals surface area contributed by atoms with E-state index in [9.17, 15) is 0 Å². The number of ether oxygens (including phenoxy) is 4. The fraction of sp³-hybridized carbons (Fsp3) is 0.375. The molecule has 0 fully saturated rings. The summed E-state index contributed by atoms with van der Waals surface area (Å²) in [5, 5.41) is 6.48. The summed E-state index contributed by atoms with van der Waals surface area (Å²) in [4.78, 5) is 13.7. The molecule has 0 saturated carbocycles. The van der Waals surface area contributed by atoms with Gasteiger partial charge in [0.25, 0.3) is 0 Å². The normalized spacial score (nSPS) is 10.7. The van der Waals surface area contributed by atoms with Gasteiger partial charge in [0.15, 0.2) is 5.82 Å². The summed E-state index contributed by atoms with van der Waals surface area (Å²) >= 11 is 0. The van der Waals surface area contributed by atoms with E-state index >= 15 is 0 Å². The zero-order valence-corrected chi connectivity index (χ0v) is 19.6. The van der Waals surface area contributed by atoms with Crippen LogP contribution in [0, 0.1) is 0 Å². The maximum Gasteiger partial charge on any atom is 0.228 e.